The fraction of sp³-hybridized carbons (Fsp3) is 0.235. The second-order valence-corrected chi connectivity index (χ2v) is 5.89. The third-order valence-electron chi connectivity index (χ3n) is 3.37. The van der Waals surface area contributed by atoms with Crippen LogP contribution in [0.2, 0.25) is 10.0 Å². The Hall–Kier alpha value is -1.31. The van der Waals surface area contributed by atoms with Gasteiger partial charge in [-0.15, -0.1) is 0 Å². The van der Waals surface area contributed by atoms with E-state index in [0.717, 1.165) is 11.1 Å². The summed E-state index contributed by atoms with van der Waals surface area (Å²) >= 11 is 12.0. The SMILES string of the molecule is Cc1ccc(CC(=O)Cc2cc(Cl)ccc2Cl)cc1C. The number of rotatable bonds is 4. The molecule has 0 amide bonds. The third kappa shape index (κ3) is 3.84. The Labute approximate surface area is 129 Å². The minimum absolute atomic E-state index is 0.136. The number of carbonyl (C=O) groups is 1. The van der Waals surface area contributed by atoms with E-state index in [9.17, 15) is 4.79 Å². The van der Waals surface area contributed by atoms with Crippen molar-refractivity contribution in [1.29, 1.82) is 0 Å². The van der Waals surface area contributed by atoms with Crippen molar-refractivity contribution < 1.29 is 4.79 Å². The zero-order valence-electron chi connectivity index (χ0n) is 11.5. The van der Waals surface area contributed by atoms with E-state index in [2.05, 4.69) is 19.9 Å². The first-order valence-electron chi connectivity index (χ1n) is 6.47. The molecule has 0 aliphatic rings. The van der Waals surface area contributed by atoms with E-state index < -0.39 is 0 Å². The van der Waals surface area contributed by atoms with Crippen molar-refractivity contribution in [2.24, 2.45) is 0 Å². The highest BCUT2D eigenvalue weighted by atomic mass is 35.5. The number of hydrogen-bond acceptors (Lipinski definition) is 1. The predicted molar refractivity (Wildman–Crippen MR) is 84.8 cm³/mol. The third-order valence-corrected chi connectivity index (χ3v) is 3.97. The highest BCUT2D eigenvalue weighted by Crippen LogP contribution is 2.22. The van der Waals surface area contributed by atoms with Crippen LogP contribution in [0.15, 0.2) is 36.4 Å². The van der Waals surface area contributed by atoms with Gasteiger partial charge in [-0.05, 0) is 54.3 Å². The van der Waals surface area contributed by atoms with Crippen LogP contribution in [0, 0.1) is 13.8 Å². The van der Waals surface area contributed by atoms with Crippen LogP contribution in [0.4, 0.5) is 0 Å². The minimum atomic E-state index is 0.136. The smallest absolute Gasteiger partial charge is 0.141 e. The van der Waals surface area contributed by atoms with Gasteiger partial charge in [-0.3, -0.25) is 4.79 Å². The summed E-state index contributed by atoms with van der Waals surface area (Å²) in [4.78, 5) is 12.1. The van der Waals surface area contributed by atoms with E-state index in [4.69, 9.17) is 23.2 Å². The first-order chi connectivity index (χ1) is 9.45. The Morgan fingerprint density at radius 2 is 1.70 bits per heavy atom. The van der Waals surface area contributed by atoms with Gasteiger partial charge in [0.15, 0.2) is 0 Å². The second kappa shape index (κ2) is 6.43. The van der Waals surface area contributed by atoms with E-state index in [0.29, 0.717) is 22.9 Å². The molecule has 0 bridgehead atoms. The van der Waals surface area contributed by atoms with E-state index in [1.807, 2.05) is 12.1 Å². The minimum Gasteiger partial charge on any atom is -0.299 e. The molecule has 2 rings (SSSR count). The first kappa shape index (κ1) is 15.1. The molecule has 0 radical (unpaired) electrons. The average molecular weight is 307 g/mol. The van der Waals surface area contributed by atoms with Gasteiger partial charge in [0.05, 0.1) is 0 Å². The van der Waals surface area contributed by atoms with Crippen molar-refractivity contribution in [3.05, 3.63) is 68.7 Å². The van der Waals surface area contributed by atoms with Gasteiger partial charge in [0.2, 0.25) is 0 Å². The number of Topliss-reactive ketones (excluding diaryl/α,β-unsaturated/α-hetero) is 1. The normalized spacial score (nSPS) is 10.6. The summed E-state index contributed by atoms with van der Waals surface area (Å²) in [5.74, 6) is 0.136. The van der Waals surface area contributed by atoms with E-state index >= 15 is 0 Å². The molecule has 0 saturated carbocycles. The van der Waals surface area contributed by atoms with Crippen LogP contribution in [-0.2, 0) is 17.6 Å². The molecular weight excluding hydrogens is 291 g/mol. The highest BCUT2D eigenvalue weighted by Gasteiger charge is 2.09. The molecule has 0 aromatic heterocycles. The molecule has 0 aliphatic heterocycles. The molecule has 20 heavy (non-hydrogen) atoms. The van der Waals surface area contributed by atoms with Gasteiger partial charge in [-0.1, -0.05) is 41.4 Å². The van der Waals surface area contributed by atoms with Gasteiger partial charge in [0.25, 0.3) is 0 Å². The van der Waals surface area contributed by atoms with Crippen LogP contribution in [-0.4, -0.2) is 5.78 Å². The summed E-state index contributed by atoms with van der Waals surface area (Å²) < 4.78 is 0. The van der Waals surface area contributed by atoms with Crippen molar-refractivity contribution in [1.82, 2.24) is 0 Å². The maximum atomic E-state index is 12.1. The summed E-state index contributed by atoms with van der Waals surface area (Å²) in [6.07, 6.45) is 0.732. The second-order valence-electron chi connectivity index (χ2n) is 5.05. The van der Waals surface area contributed by atoms with Crippen LogP contribution in [0.25, 0.3) is 0 Å². The maximum Gasteiger partial charge on any atom is 0.141 e. The van der Waals surface area contributed by atoms with Gasteiger partial charge < -0.3 is 0 Å². The van der Waals surface area contributed by atoms with Crippen LogP contribution in [0.1, 0.15) is 22.3 Å². The summed E-state index contributed by atoms with van der Waals surface area (Å²) in [7, 11) is 0. The van der Waals surface area contributed by atoms with Gasteiger partial charge in [0.1, 0.15) is 5.78 Å². The molecule has 2 aromatic rings. The molecule has 0 saturated heterocycles. The lowest BCUT2D eigenvalue weighted by molar-refractivity contribution is -0.117. The zero-order chi connectivity index (χ0) is 14.7. The van der Waals surface area contributed by atoms with E-state index in [1.165, 1.54) is 11.1 Å². The lowest BCUT2D eigenvalue weighted by Crippen LogP contribution is -2.07. The summed E-state index contributed by atoms with van der Waals surface area (Å²) in [6, 6.07) is 11.3. The Kier molecular flexibility index (Phi) is 4.85. The van der Waals surface area contributed by atoms with Gasteiger partial charge in [0, 0.05) is 22.9 Å². The van der Waals surface area contributed by atoms with Crippen LogP contribution >= 0.6 is 23.2 Å². The summed E-state index contributed by atoms with van der Waals surface area (Å²) in [5.41, 5.74) is 4.26. The molecule has 1 nitrogen and oxygen atoms in total. The number of hydrogen-bond donors (Lipinski definition) is 0. The molecule has 0 spiro atoms. The van der Waals surface area contributed by atoms with E-state index in [1.54, 1.807) is 18.2 Å². The standard InChI is InChI=1S/C17H16Cl2O/c1-11-3-4-13(7-12(11)2)8-16(20)10-14-9-15(18)5-6-17(14)19/h3-7,9H,8,10H2,1-2H3. The quantitative estimate of drug-likeness (QED) is 0.780. The van der Waals surface area contributed by atoms with E-state index in [-0.39, 0.29) is 5.78 Å². The number of aryl methyl sites for hydroxylation is 2. The molecule has 2 aromatic carbocycles. The fourth-order valence-electron chi connectivity index (χ4n) is 2.09. The first-order valence-corrected chi connectivity index (χ1v) is 7.23. The highest BCUT2D eigenvalue weighted by molar-refractivity contribution is 6.33. The predicted octanol–water partition coefficient (Wildman–Crippen LogP) is 4.96. The lowest BCUT2D eigenvalue weighted by atomic mass is 9.99. The number of halogens is 2. The number of benzene rings is 2. The summed E-state index contributed by atoms with van der Waals surface area (Å²) in [5, 5.41) is 1.19. The lowest BCUT2D eigenvalue weighted by Gasteiger charge is -2.07. The van der Waals surface area contributed by atoms with Crippen molar-refractivity contribution in [3.8, 4) is 0 Å². The zero-order valence-corrected chi connectivity index (χ0v) is 13.1. The topological polar surface area (TPSA) is 17.1 Å². The average Bonchev–Trinajstić information content (AvgIpc) is 2.38. The molecule has 3 heteroatoms. The molecule has 0 fully saturated rings. The van der Waals surface area contributed by atoms with Crippen molar-refractivity contribution in [2.45, 2.75) is 26.7 Å². The van der Waals surface area contributed by atoms with Crippen molar-refractivity contribution in [3.63, 3.8) is 0 Å². The Bertz CT molecular complexity index is 647. The van der Waals surface area contributed by atoms with Crippen LogP contribution < -0.4 is 0 Å². The summed E-state index contributed by atoms with van der Waals surface area (Å²) in [6.45, 7) is 4.11. The van der Waals surface area contributed by atoms with Gasteiger partial charge in [-0.2, -0.15) is 0 Å². The van der Waals surface area contributed by atoms with Crippen molar-refractivity contribution in [2.75, 3.05) is 0 Å². The van der Waals surface area contributed by atoms with Crippen LogP contribution in [0.5, 0.6) is 0 Å². The maximum absolute atomic E-state index is 12.1. The number of carbonyl (C=O) groups excluding carboxylic acids is 1. The number of ketones is 1. The van der Waals surface area contributed by atoms with Gasteiger partial charge in [-0.25, -0.2) is 0 Å². The Morgan fingerprint density at radius 3 is 2.40 bits per heavy atom. The monoisotopic (exact) mass is 306 g/mol. The molecule has 0 aliphatic carbocycles. The Balaban J connectivity index is 2.09. The molecular formula is C17H16Cl2O. The molecule has 0 N–H and O–H groups in total. The molecule has 0 unspecified atom stereocenters. The van der Waals surface area contributed by atoms with Crippen molar-refractivity contribution >= 4 is 29.0 Å². The fourth-order valence-corrected chi connectivity index (χ4v) is 2.47. The molecule has 0 heterocycles. The Morgan fingerprint density at radius 1 is 0.950 bits per heavy atom. The molecule has 104 valence electrons. The molecule has 0 atom stereocenters. The van der Waals surface area contributed by atoms with Gasteiger partial charge >= 0.3 is 0 Å². The largest absolute Gasteiger partial charge is 0.299 e. The van der Waals surface area contributed by atoms with Crippen LogP contribution in [0.3, 0.4) is 0 Å².